The van der Waals surface area contributed by atoms with E-state index in [0.29, 0.717) is 22.8 Å². The Bertz CT molecular complexity index is 1160. The van der Waals surface area contributed by atoms with Crippen LogP contribution in [0.1, 0.15) is 62.0 Å². The molecule has 3 aromatic rings. The minimum atomic E-state index is -0.273. The molecule has 2 aliphatic rings. The van der Waals surface area contributed by atoms with Gasteiger partial charge in [-0.1, -0.05) is 30.3 Å². The quantitative estimate of drug-likeness (QED) is 0.506. The van der Waals surface area contributed by atoms with Gasteiger partial charge in [0.25, 0.3) is 11.8 Å². The normalized spacial score (nSPS) is 17.5. The van der Waals surface area contributed by atoms with Gasteiger partial charge < -0.3 is 15.4 Å². The van der Waals surface area contributed by atoms with Crippen LogP contribution in [0.3, 0.4) is 0 Å². The summed E-state index contributed by atoms with van der Waals surface area (Å²) >= 11 is 3.04. The summed E-state index contributed by atoms with van der Waals surface area (Å²) in [6, 6.07) is 9.83. The van der Waals surface area contributed by atoms with Gasteiger partial charge >= 0.3 is 0 Å². The molecule has 33 heavy (non-hydrogen) atoms. The fourth-order valence-corrected chi connectivity index (χ4v) is 6.73. The summed E-state index contributed by atoms with van der Waals surface area (Å²) in [5.74, 6) is -0.400. The lowest BCUT2D eigenvalue weighted by Gasteiger charge is -2.15. The first kappa shape index (κ1) is 22.3. The van der Waals surface area contributed by atoms with E-state index >= 15 is 0 Å². The Morgan fingerprint density at radius 2 is 1.91 bits per heavy atom. The summed E-state index contributed by atoms with van der Waals surface area (Å²) in [5.41, 5.74) is 3.08. The Hall–Kier alpha value is -2.55. The molecule has 1 aliphatic carbocycles. The topological polar surface area (TPSA) is 80.3 Å². The van der Waals surface area contributed by atoms with Gasteiger partial charge in [-0.2, -0.15) is 0 Å². The predicted molar refractivity (Wildman–Crippen MR) is 133 cm³/mol. The van der Waals surface area contributed by atoms with Crippen LogP contribution in [0, 0.1) is 6.92 Å². The van der Waals surface area contributed by atoms with E-state index in [9.17, 15) is 9.59 Å². The number of anilines is 1. The van der Waals surface area contributed by atoms with Gasteiger partial charge in [0.2, 0.25) is 0 Å². The second kappa shape index (κ2) is 9.75. The molecule has 2 aromatic heterocycles. The van der Waals surface area contributed by atoms with Crippen LogP contribution in [-0.4, -0.2) is 36.1 Å². The number of hydrogen-bond donors (Lipinski definition) is 2. The van der Waals surface area contributed by atoms with Crippen molar-refractivity contribution in [1.29, 1.82) is 0 Å². The molecule has 6 nitrogen and oxygen atoms in total. The monoisotopic (exact) mass is 481 g/mol. The third-order valence-electron chi connectivity index (χ3n) is 6.12. The van der Waals surface area contributed by atoms with Crippen LogP contribution in [0.2, 0.25) is 0 Å². The molecular weight excluding hydrogens is 454 g/mol. The maximum atomic E-state index is 13.4. The predicted octanol–water partition coefficient (Wildman–Crippen LogP) is 5.22. The van der Waals surface area contributed by atoms with E-state index in [-0.39, 0.29) is 17.9 Å². The minimum Gasteiger partial charge on any atom is -0.376 e. The van der Waals surface area contributed by atoms with Crippen molar-refractivity contribution in [2.24, 2.45) is 0 Å². The van der Waals surface area contributed by atoms with Gasteiger partial charge in [-0.05, 0) is 56.6 Å². The second-order valence-corrected chi connectivity index (χ2v) is 10.8. The number of nitrogens with one attached hydrogen (secondary N) is 2. The van der Waals surface area contributed by atoms with Crippen molar-refractivity contribution in [3.8, 4) is 10.4 Å². The molecule has 3 heterocycles. The van der Waals surface area contributed by atoms with Crippen LogP contribution in [0.4, 0.5) is 5.00 Å². The highest BCUT2D eigenvalue weighted by Crippen LogP contribution is 2.39. The van der Waals surface area contributed by atoms with E-state index in [2.05, 4.69) is 15.6 Å². The first-order valence-corrected chi connectivity index (χ1v) is 13.1. The van der Waals surface area contributed by atoms with Crippen molar-refractivity contribution in [3.63, 3.8) is 0 Å². The number of benzene rings is 1. The third-order valence-corrected chi connectivity index (χ3v) is 8.35. The Labute approximate surface area is 201 Å². The number of nitrogens with zero attached hydrogens (tertiary/aromatic N) is 1. The number of amides is 2. The van der Waals surface area contributed by atoms with Crippen molar-refractivity contribution < 1.29 is 14.3 Å². The number of rotatable bonds is 6. The zero-order valence-corrected chi connectivity index (χ0v) is 20.2. The first-order chi connectivity index (χ1) is 16.1. The average molecular weight is 482 g/mol. The smallest absolute Gasteiger partial charge is 0.276 e. The molecule has 0 radical (unpaired) electrons. The lowest BCUT2D eigenvalue weighted by atomic mass is 9.95. The van der Waals surface area contributed by atoms with Crippen LogP contribution in [0.5, 0.6) is 0 Å². The molecule has 0 bridgehead atoms. The highest BCUT2D eigenvalue weighted by atomic mass is 32.1. The minimum absolute atomic E-state index is 0.0767. The lowest BCUT2D eigenvalue weighted by Crippen LogP contribution is -2.32. The van der Waals surface area contributed by atoms with E-state index in [1.807, 2.05) is 37.3 Å². The number of ether oxygens (including phenoxy) is 1. The summed E-state index contributed by atoms with van der Waals surface area (Å²) in [6.45, 7) is 3.16. The van der Waals surface area contributed by atoms with Crippen molar-refractivity contribution in [1.82, 2.24) is 10.3 Å². The number of aryl methyl sites for hydroxylation is 2. The molecular formula is C25H27N3O3S2. The summed E-state index contributed by atoms with van der Waals surface area (Å²) in [6.07, 6.45) is 6.08. The summed E-state index contributed by atoms with van der Waals surface area (Å²) in [4.78, 5) is 33.2. The highest BCUT2D eigenvalue weighted by molar-refractivity contribution is 7.17. The molecule has 1 fully saturated rings. The molecule has 0 spiro atoms. The van der Waals surface area contributed by atoms with Gasteiger partial charge in [0.15, 0.2) is 0 Å². The van der Waals surface area contributed by atoms with Crippen molar-refractivity contribution in [2.45, 2.75) is 51.6 Å². The molecule has 1 aliphatic heterocycles. The second-order valence-electron chi connectivity index (χ2n) is 8.49. The summed E-state index contributed by atoms with van der Waals surface area (Å²) in [5, 5.41) is 7.56. The molecule has 5 rings (SSSR count). The fourth-order valence-electron chi connectivity index (χ4n) is 4.52. The van der Waals surface area contributed by atoms with E-state index in [1.165, 1.54) is 27.6 Å². The number of hydrogen-bond acceptors (Lipinski definition) is 6. The summed E-state index contributed by atoms with van der Waals surface area (Å²) < 4.78 is 5.65. The number of aromatic nitrogens is 1. The van der Waals surface area contributed by atoms with Gasteiger partial charge in [0.1, 0.15) is 10.7 Å². The molecule has 1 atom stereocenters. The number of fused-ring (bicyclic) bond motifs is 1. The largest absolute Gasteiger partial charge is 0.376 e. The maximum Gasteiger partial charge on any atom is 0.276 e. The average Bonchev–Trinajstić information content (AvgIpc) is 3.56. The third kappa shape index (κ3) is 4.74. The number of thiophene rings is 1. The standard InChI is InChI=1S/C25H27N3O3S2/c1-15-27-21(22(32-15)16-8-3-2-4-9-16)24(30)28-25-20(18-11-5-6-12-19(18)33-25)23(29)26-14-17-10-7-13-31-17/h2-4,8-9,17H,5-7,10-14H2,1H3,(H,26,29)(H,28,30). The van der Waals surface area contributed by atoms with E-state index in [4.69, 9.17) is 4.74 Å². The SMILES string of the molecule is Cc1nc(C(=O)Nc2sc3c(c2C(=O)NCC2CCCO2)CCCC3)c(-c2ccccc2)s1. The van der Waals surface area contributed by atoms with E-state index < -0.39 is 0 Å². The first-order valence-electron chi connectivity index (χ1n) is 11.5. The Kier molecular flexibility index (Phi) is 6.57. The van der Waals surface area contributed by atoms with Gasteiger partial charge in [0, 0.05) is 18.0 Å². The fraction of sp³-hybridized carbons (Fsp3) is 0.400. The molecule has 1 saturated heterocycles. The van der Waals surface area contributed by atoms with Crippen LogP contribution in [0.25, 0.3) is 10.4 Å². The van der Waals surface area contributed by atoms with Gasteiger partial charge in [-0.15, -0.1) is 22.7 Å². The number of carbonyl (C=O) groups is 2. The van der Waals surface area contributed by atoms with E-state index in [0.717, 1.165) is 66.1 Å². The number of thiazole rings is 1. The van der Waals surface area contributed by atoms with Gasteiger partial charge in [0.05, 0.1) is 21.6 Å². The van der Waals surface area contributed by atoms with Gasteiger partial charge in [-0.3, -0.25) is 9.59 Å². The van der Waals surface area contributed by atoms with Crippen LogP contribution in [-0.2, 0) is 17.6 Å². The Balaban J connectivity index is 1.42. The van der Waals surface area contributed by atoms with E-state index in [1.54, 1.807) is 0 Å². The summed E-state index contributed by atoms with van der Waals surface area (Å²) in [7, 11) is 0. The zero-order chi connectivity index (χ0) is 22.8. The molecule has 2 amide bonds. The van der Waals surface area contributed by atoms with Gasteiger partial charge in [-0.25, -0.2) is 4.98 Å². The molecule has 172 valence electrons. The Morgan fingerprint density at radius 1 is 1.09 bits per heavy atom. The highest BCUT2D eigenvalue weighted by Gasteiger charge is 2.28. The van der Waals surface area contributed by atoms with Crippen molar-refractivity contribution in [3.05, 3.63) is 57.0 Å². The van der Waals surface area contributed by atoms with Crippen molar-refractivity contribution >= 4 is 39.5 Å². The zero-order valence-electron chi connectivity index (χ0n) is 18.6. The molecule has 8 heteroatoms. The molecule has 0 saturated carbocycles. The lowest BCUT2D eigenvalue weighted by molar-refractivity contribution is 0.0858. The molecule has 2 N–H and O–H groups in total. The van der Waals surface area contributed by atoms with Crippen LogP contribution < -0.4 is 10.6 Å². The molecule has 1 unspecified atom stereocenters. The molecule has 1 aromatic carbocycles. The maximum absolute atomic E-state index is 13.4. The number of carbonyl (C=O) groups excluding carboxylic acids is 2. The Morgan fingerprint density at radius 3 is 2.70 bits per heavy atom. The van der Waals surface area contributed by atoms with Crippen molar-refractivity contribution in [2.75, 3.05) is 18.5 Å². The van der Waals surface area contributed by atoms with Crippen LogP contribution in [0.15, 0.2) is 30.3 Å². The van der Waals surface area contributed by atoms with Crippen LogP contribution >= 0.6 is 22.7 Å².